The Labute approximate surface area is 119 Å². The zero-order valence-electron chi connectivity index (χ0n) is 11.5. The summed E-state index contributed by atoms with van der Waals surface area (Å²) in [6.07, 6.45) is 1.64. The molecular weight excluding hydrogens is 279 g/mol. The number of thioether (sulfide) groups is 1. The van der Waals surface area contributed by atoms with Crippen molar-refractivity contribution < 1.29 is 13.6 Å². The Kier molecular flexibility index (Phi) is 8.15. The van der Waals surface area contributed by atoms with Crippen molar-refractivity contribution in [3.05, 3.63) is 41.6 Å². The molecule has 0 fully saturated rings. The molecule has 19 heavy (non-hydrogen) atoms. The maximum Gasteiger partial charge on any atom is 0.354 e. The van der Waals surface area contributed by atoms with Crippen LogP contribution < -0.4 is 0 Å². The molecule has 0 amide bonds. The SMILES string of the molecule is CCCOP(=O)(/C=C/Sc1ccccc1)OCCC. The molecule has 0 heterocycles. The van der Waals surface area contributed by atoms with Crippen LogP contribution in [0.4, 0.5) is 0 Å². The van der Waals surface area contributed by atoms with Gasteiger partial charge in [-0.05, 0) is 30.4 Å². The standard InChI is InChI=1S/C14H21O3PS/c1-3-10-16-18(15,17-11-4-2)12-13-19-14-8-6-5-7-9-14/h5-9,12-13H,3-4,10-11H2,1-2H3/b13-12+. The van der Waals surface area contributed by atoms with E-state index in [9.17, 15) is 4.57 Å². The summed E-state index contributed by atoms with van der Waals surface area (Å²) in [6.45, 7) is 4.85. The molecule has 1 aromatic carbocycles. The van der Waals surface area contributed by atoms with Crippen molar-refractivity contribution in [2.24, 2.45) is 0 Å². The van der Waals surface area contributed by atoms with Crippen LogP contribution in [0, 0.1) is 0 Å². The summed E-state index contributed by atoms with van der Waals surface area (Å²) in [6, 6.07) is 9.90. The normalized spacial score (nSPS) is 12.1. The van der Waals surface area contributed by atoms with Gasteiger partial charge in [-0.25, -0.2) is 0 Å². The fourth-order valence-corrected chi connectivity index (χ4v) is 3.67. The molecule has 106 valence electrons. The van der Waals surface area contributed by atoms with E-state index in [4.69, 9.17) is 9.05 Å². The predicted octanol–water partition coefficient (Wildman–Crippen LogP) is 5.30. The number of hydrogen-bond donors (Lipinski definition) is 0. The van der Waals surface area contributed by atoms with E-state index in [2.05, 4.69) is 0 Å². The first-order valence-electron chi connectivity index (χ1n) is 6.48. The Balaban J connectivity index is 2.58. The van der Waals surface area contributed by atoms with Gasteiger partial charge in [0.15, 0.2) is 0 Å². The molecule has 0 bridgehead atoms. The molecule has 1 rings (SSSR count). The molecule has 0 aliphatic carbocycles. The first kappa shape index (κ1) is 16.5. The van der Waals surface area contributed by atoms with Crippen LogP contribution in [-0.2, 0) is 13.6 Å². The first-order chi connectivity index (χ1) is 9.20. The maximum atomic E-state index is 12.4. The van der Waals surface area contributed by atoms with Crippen LogP contribution in [0.1, 0.15) is 26.7 Å². The van der Waals surface area contributed by atoms with Gasteiger partial charge in [0.1, 0.15) is 0 Å². The monoisotopic (exact) mass is 300 g/mol. The van der Waals surface area contributed by atoms with E-state index >= 15 is 0 Å². The average Bonchev–Trinajstić information content (AvgIpc) is 2.44. The van der Waals surface area contributed by atoms with E-state index in [0.29, 0.717) is 13.2 Å². The molecule has 0 spiro atoms. The first-order valence-corrected chi connectivity index (χ1v) is 8.97. The minimum absolute atomic E-state index is 0.446. The van der Waals surface area contributed by atoms with Gasteiger partial charge in [-0.2, -0.15) is 0 Å². The predicted molar refractivity (Wildman–Crippen MR) is 81.5 cm³/mol. The Bertz CT molecular complexity index is 408. The van der Waals surface area contributed by atoms with Gasteiger partial charge in [0.25, 0.3) is 0 Å². The second kappa shape index (κ2) is 9.38. The summed E-state index contributed by atoms with van der Waals surface area (Å²) in [5.74, 6) is 1.55. The smallest absolute Gasteiger partial charge is 0.306 e. The van der Waals surface area contributed by atoms with Gasteiger partial charge in [-0.1, -0.05) is 43.8 Å². The summed E-state index contributed by atoms with van der Waals surface area (Å²) >= 11 is 1.50. The fourth-order valence-electron chi connectivity index (χ4n) is 1.24. The van der Waals surface area contributed by atoms with E-state index in [-0.39, 0.29) is 0 Å². The average molecular weight is 300 g/mol. The Morgan fingerprint density at radius 1 is 1.11 bits per heavy atom. The Morgan fingerprint density at radius 3 is 2.21 bits per heavy atom. The topological polar surface area (TPSA) is 35.5 Å². The van der Waals surface area contributed by atoms with Gasteiger partial charge in [-0.15, -0.1) is 0 Å². The highest BCUT2D eigenvalue weighted by molar-refractivity contribution is 8.02. The fraction of sp³-hybridized carbons (Fsp3) is 0.429. The summed E-state index contributed by atoms with van der Waals surface area (Å²) in [7, 11) is -3.09. The quantitative estimate of drug-likeness (QED) is 0.458. The van der Waals surface area contributed by atoms with Crippen LogP contribution >= 0.6 is 19.4 Å². The summed E-state index contributed by atoms with van der Waals surface area (Å²) in [4.78, 5) is 1.09. The minimum Gasteiger partial charge on any atom is -0.306 e. The second-order valence-corrected chi connectivity index (χ2v) is 6.80. The van der Waals surface area contributed by atoms with Crippen LogP contribution in [0.5, 0.6) is 0 Å². The highest BCUT2D eigenvalue weighted by Gasteiger charge is 2.19. The molecule has 0 aromatic heterocycles. The van der Waals surface area contributed by atoms with E-state index in [1.165, 1.54) is 11.8 Å². The lowest BCUT2D eigenvalue weighted by molar-refractivity contribution is 0.212. The molecule has 1 aromatic rings. The molecule has 0 radical (unpaired) electrons. The zero-order chi connectivity index (χ0) is 14.0. The van der Waals surface area contributed by atoms with Gasteiger partial charge in [0, 0.05) is 10.7 Å². The van der Waals surface area contributed by atoms with Crippen LogP contribution in [0.25, 0.3) is 0 Å². The van der Waals surface area contributed by atoms with Crippen molar-refractivity contribution in [3.63, 3.8) is 0 Å². The Hall–Kier alpha value is -0.540. The zero-order valence-corrected chi connectivity index (χ0v) is 13.2. The van der Waals surface area contributed by atoms with E-state index in [1.54, 1.807) is 11.2 Å². The van der Waals surface area contributed by atoms with Crippen molar-refractivity contribution in [3.8, 4) is 0 Å². The van der Waals surface area contributed by atoms with Crippen molar-refractivity contribution >= 4 is 19.4 Å². The third-order valence-corrected chi connectivity index (χ3v) is 4.76. The summed E-state index contributed by atoms with van der Waals surface area (Å²) in [5, 5.41) is 1.78. The molecule has 3 nitrogen and oxygen atoms in total. The van der Waals surface area contributed by atoms with Crippen LogP contribution in [-0.4, -0.2) is 13.2 Å². The third kappa shape index (κ3) is 6.98. The van der Waals surface area contributed by atoms with Crippen molar-refractivity contribution in [1.82, 2.24) is 0 Å². The number of hydrogen-bond acceptors (Lipinski definition) is 4. The molecule has 0 N–H and O–H groups in total. The largest absolute Gasteiger partial charge is 0.354 e. The van der Waals surface area contributed by atoms with Gasteiger partial charge in [0.05, 0.1) is 13.2 Å². The van der Waals surface area contributed by atoms with E-state index in [1.807, 2.05) is 44.2 Å². The van der Waals surface area contributed by atoms with Gasteiger partial charge < -0.3 is 9.05 Å². The second-order valence-electron chi connectivity index (χ2n) is 3.92. The lowest BCUT2D eigenvalue weighted by Crippen LogP contribution is -1.95. The molecule has 0 unspecified atom stereocenters. The summed E-state index contributed by atoms with van der Waals surface area (Å²) in [5.41, 5.74) is 0. The molecule has 0 aliphatic rings. The Morgan fingerprint density at radius 2 is 1.68 bits per heavy atom. The van der Waals surface area contributed by atoms with Crippen molar-refractivity contribution in [1.29, 1.82) is 0 Å². The molecule has 0 atom stereocenters. The van der Waals surface area contributed by atoms with Gasteiger partial charge >= 0.3 is 7.60 Å². The van der Waals surface area contributed by atoms with Crippen LogP contribution in [0.2, 0.25) is 0 Å². The van der Waals surface area contributed by atoms with E-state index < -0.39 is 7.60 Å². The molecule has 0 saturated carbocycles. The molecular formula is C14H21O3PS. The van der Waals surface area contributed by atoms with Crippen molar-refractivity contribution in [2.75, 3.05) is 13.2 Å². The highest BCUT2D eigenvalue weighted by atomic mass is 32.2. The molecule has 0 saturated heterocycles. The molecule has 0 aliphatic heterocycles. The highest BCUT2D eigenvalue weighted by Crippen LogP contribution is 2.50. The van der Waals surface area contributed by atoms with Crippen LogP contribution in [0.15, 0.2) is 46.5 Å². The third-order valence-electron chi connectivity index (χ3n) is 2.14. The van der Waals surface area contributed by atoms with Crippen LogP contribution in [0.3, 0.4) is 0 Å². The van der Waals surface area contributed by atoms with Gasteiger partial charge in [-0.3, -0.25) is 4.57 Å². The van der Waals surface area contributed by atoms with Gasteiger partial charge in [0.2, 0.25) is 0 Å². The maximum absolute atomic E-state index is 12.4. The number of rotatable bonds is 9. The lowest BCUT2D eigenvalue weighted by atomic mass is 10.4. The summed E-state index contributed by atoms with van der Waals surface area (Å²) < 4.78 is 23.1. The molecule has 5 heteroatoms. The minimum atomic E-state index is -3.09. The van der Waals surface area contributed by atoms with Crippen molar-refractivity contribution in [2.45, 2.75) is 31.6 Å². The number of benzene rings is 1. The lowest BCUT2D eigenvalue weighted by Gasteiger charge is -2.14. The van der Waals surface area contributed by atoms with E-state index in [0.717, 1.165) is 17.7 Å².